The second-order valence-electron chi connectivity index (χ2n) is 7.01. The van der Waals surface area contributed by atoms with Gasteiger partial charge in [0.05, 0.1) is 12.1 Å². The number of ketones is 1. The van der Waals surface area contributed by atoms with E-state index in [1.807, 2.05) is 19.1 Å². The number of allylic oxidation sites excluding steroid dienone is 2. The fraction of sp³-hybridized carbons (Fsp3) is 0.688. The number of nitrogens with zero attached hydrogens (tertiary/aromatic N) is 2. The van der Waals surface area contributed by atoms with E-state index < -0.39 is 10.8 Å². The summed E-state index contributed by atoms with van der Waals surface area (Å²) >= 11 is 0. The van der Waals surface area contributed by atoms with Gasteiger partial charge in [0, 0.05) is 17.8 Å². The van der Waals surface area contributed by atoms with E-state index in [0.29, 0.717) is 19.3 Å². The Morgan fingerprint density at radius 1 is 1.16 bits per heavy atom. The highest BCUT2D eigenvalue weighted by molar-refractivity contribution is 5.87. The normalized spacial score (nSPS) is 35.6. The molecule has 0 aliphatic heterocycles. The van der Waals surface area contributed by atoms with Gasteiger partial charge in [0.1, 0.15) is 5.78 Å². The lowest BCUT2D eigenvalue weighted by Gasteiger charge is -2.49. The first-order valence-corrected chi connectivity index (χ1v) is 6.80. The van der Waals surface area contributed by atoms with Crippen molar-refractivity contribution in [2.75, 3.05) is 0 Å². The number of nitriles is 2. The van der Waals surface area contributed by atoms with Crippen LogP contribution in [0.5, 0.6) is 0 Å². The Balaban J connectivity index is 2.58. The molecule has 3 heteroatoms. The molecule has 0 spiro atoms. The summed E-state index contributed by atoms with van der Waals surface area (Å²) in [5, 5.41) is 19.1. The first kappa shape index (κ1) is 13.8. The number of carbonyl (C=O) groups excluding carboxylic acids is 1. The molecule has 0 aromatic rings. The van der Waals surface area contributed by atoms with Gasteiger partial charge in [-0.15, -0.1) is 0 Å². The van der Waals surface area contributed by atoms with Crippen molar-refractivity contribution in [3.05, 3.63) is 12.2 Å². The molecule has 100 valence electrons. The highest BCUT2D eigenvalue weighted by Gasteiger charge is 2.57. The molecule has 2 atom stereocenters. The minimum absolute atomic E-state index is 0.120. The summed E-state index contributed by atoms with van der Waals surface area (Å²) in [5.74, 6) is 0.0245. The number of fused-ring (bicyclic) bond motifs is 1. The van der Waals surface area contributed by atoms with E-state index in [-0.39, 0.29) is 17.1 Å². The van der Waals surface area contributed by atoms with E-state index in [9.17, 15) is 15.3 Å². The van der Waals surface area contributed by atoms with Gasteiger partial charge < -0.3 is 0 Å². The minimum atomic E-state index is -1.06. The Kier molecular flexibility index (Phi) is 3.06. The average molecular weight is 256 g/mol. The fourth-order valence-electron chi connectivity index (χ4n) is 3.67. The van der Waals surface area contributed by atoms with Crippen molar-refractivity contribution < 1.29 is 4.79 Å². The van der Waals surface area contributed by atoms with Gasteiger partial charge in [0.2, 0.25) is 0 Å². The van der Waals surface area contributed by atoms with Crippen LogP contribution in [0.4, 0.5) is 0 Å². The molecule has 0 amide bonds. The molecule has 1 saturated carbocycles. The van der Waals surface area contributed by atoms with E-state index in [2.05, 4.69) is 26.0 Å². The predicted octanol–water partition coefficient (Wildman–Crippen LogP) is 3.38. The van der Waals surface area contributed by atoms with Gasteiger partial charge in [-0.3, -0.25) is 4.79 Å². The molecule has 0 aromatic carbocycles. The highest BCUT2D eigenvalue weighted by Crippen LogP contribution is 2.57. The van der Waals surface area contributed by atoms with Crippen molar-refractivity contribution >= 4 is 5.78 Å². The van der Waals surface area contributed by atoms with E-state index in [1.165, 1.54) is 0 Å². The maximum Gasteiger partial charge on any atom is 0.151 e. The molecule has 3 nitrogen and oxygen atoms in total. The Morgan fingerprint density at radius 2 is 1.74 bits per heavy atom. The van der Waals surface area contributed by atoms with Gasteiger partial charge in [-0.25, -0.2) is 0 Å². The number of carbonyl (C=O) groups is 1. The summed E-state index contributed by atoms with van der Waals surface area (Å²) < 4.78 is 0. The van der Waals surface area contributed by atoms with Crippen LogP contribution < -0.4 is 0 Å². The summed E-state index contributed by atoms with van der Waals surface area (Å²) in [5.41, 5.74) is -1.74. The molecular weight excluding hydrogens is 236 g/mol. The molecule has 0 heterocycles. The molecule has 2 rings (SSSR count). The molecule has 1 fully saturated rings. The first-order valence-electron chi connectivity index (χ1n) is 6.80. The van der Waals surface area contributed by atoms with Crippen LogP contribution in [0.1, 0.15) is 46.5 Å². The molecule has 19 heavy (non-hydrogen) atoms. The average Bonchev–Trinajstić information content (AvgIpc) is 2.48. The molecular formula is C16H20N2O. The number of hydrogen-bond acceptors (Lipinski definition) is 3. The second kappa shape index (κ2) is 4.20. The Bertz CT molecular complexity index is 504. The summed E-state index contributed by atoms with van der Waals surface area (Å²) in [6.45, 7) is 6.05. The van der Waals surface area contributed by atoms with Crippen LogP contribution in [0, 0.1) is 44.8 Å². The van der Waals surface area contributed by atoms with Crippen molar-refractivity contribution in [1.82, 2.24) is 0 Å². The maximum absolute atomic E-state index is 12.6. The fourth-order valence-corrected chi connectivity index (χ4v) is 3.67. The smallest absolute Gasteiger partial charge is 0.151 e. The minimum Gasteiger partial charge on any atom is -0.299 e. The lowest BCUT2D eigenvalue weighted by Crippen LogP contribution is -2.50. The van der Waals surface area contributed by atoms with Crippen LogP contribution in [0.3, 0.4) is 0 Å². The Morgan fingerprint density at radius 3 is 2.32 bits per heavy atom. The highest BCUT2D eigenvalue weighted by atomic mass is 16.1. The van der Waals surface area contributed by atoms with Crippen molar-refractivity contribution in [3.8, 4) is 12.1 Å². The van der Waals surface area contributed by atoms with Gasteiger partial charge in [0.25, 0.3) is 0 Å². The van der Waals surface area contributed by atoms with Crippen molar-refractivity contribution in [2.24, 2.45) is 22.2 Å². The largest absolute Gasteiger partial charge is 0.299 e. The third-order valence-corrected chi connectivity index (χ3v) is 4.94. The SMILES string of the molecule is CC1(C)CC(=O)C2(C)CC=CCC(C#N)(C#N)C2C1. The zero-order valence-electron chi connectivity index (χ0n) is 11.9. The van der Waals surface area contributed by atoms with E-state index in [1.54, 1.807) is 0 Å². The molecule has 0 bridgehead atoms. The van der Waals surface area contributed by atoms with Crippen LogP contribution in [-0.4, -0.2) is 5.78 Å². The van der Waals surface area contributed by atoms with Crippen molar-refractivity contribution in [2.45, 2.75) is 46.5 Å². The standard InChI is InChI=1S/C16H20N2O/c1-14(2)8-12-15(3,13(19)9-14)6-4-5-7-16(12,10-17)11-18/h4-5,12H,6-9H2,1-3H3. The Labute approximate surface area is 114 Å². The number of hydrogen-bond donors (Lipinski definition) is 0. The lowest BCUT2D eigenvalue weighted by molar-refractivity contribution is -0.141. The molecule has 0 aromatic heterocycles. The zero-order valence-corrected chi connectivity index (χ0v) is 11.9. The maximum atomic E-state index is 12.6. The molecule has 0 radical (unpaired) electrons. The Hall–Kier alpha value is -1.61. The van der Waals surface area contributed by atoms with Crippen molar-refractivity contribution in [3.63, 3.8) is 0 Å². The van der Waals surface area contributed by atoms with Gasteiger partial charge in [-0.2, -0.15) is 10.5 Å². The quantitative estimate of drug-likeness (QED) is 0.624. The number of rotatable bonds is 0. The molecule has 0 N–H and O–H groups in total. The summed E-state index contributed by atoms with van der Waals surface area (Å²) in [4.78, 5) is 12.6. The summed E-state index contributed by atoms with van der Waals surface area (Å²) in [7, 11) is 0. The summed E-state index contributed by atoms with van der Waals surface area (Å²) in [6, 6.07) is 4.45. The van der Waals surface area contributed by atoms with Crippen LogP contribution in [0.25, 0.3) is 0 Å². The first-order chi connectivity index (χ1) is 8.80. The molecule has 2 unspecified atom stereocenters. The van der Waals surface area contributed by atoms with Crippen LogP contribution in [-0.2, 0) is 4.79 Å². The monoisotopic (exact) mass is 256 g/mol. The third kappa shape index (κ3) is 1.98. The molecule has 0 saturated heterocycles. The summed E-state index contributed by atoms with van der Waals surface area (Å²) in [6.07, 6.45) is 6.26. The topological polar surface area (TPSA) is 64.7 Å². The van der Waals surface area contributed by atoms with Gasteiger partial charge in [0.15, 0.2) is 5.41 Å². The molecule has 2 aliphatic carbocycles. The van der Waals surface area contributed by atoms with E-state index in [4.69, 9.17) is 0 Å². The number of Topliss-reactive ketones (excluding diaryl/α,β-unsaturated/α-hetero) is 1. The van der Waals surface area contributed by atoms with Gasteiger partial charge in [-0.05, 0) is 24.7 Å². The van der Waals surface area contributed by atoms with Crippen LogP contribution in [0.15, 0.2) is 12.2 Å². The van der Waals surface area contributed by atoms with Gasteiger partial charge in [-0.1, -0.05) is 32.9 Å². The molecule has 2 aliphatic rings. The third-order valence-electron chi connectivity index (χ3n) is 4.94. The zero-order chi connectivity index (χ0) is 14.3. The van der Waals surface area contributed by atoms with Gasteiger partial charge >= 0.3 is 0 Å². The van der Waals surface area contributed by atoms with E-state index >= 15 is 0 Å². The van der Waals surface area contributed by atoms with E-state index in [0.717, 1.165) is 6.42 Å². The van der Waals surface area contributed by atoms with Crippen LogP contribution >= 0.6 is 0 Å². The van der Waals surface area contributed by atoms with Crippen LogP contribution in [0.2, 0.25) is 0 Å². The predicted molar refractivity (Wildman–Crippen MR) is 71.7 cm³/mol. The van der Waals surface area contributed by atoms with Crippen molar-refractivity contribution in [1.29, 1.82) is 10.5 Å². The lowest BCUT2D eigenvalue weighted by atomic mass is 9.51. The second-order valence-corrected chi connectivity index (χ2v) is 7.01.